The number of ether oxygens (including phenoxy) is 1. The van der Waals surface area contributed by atoms with Gasteiger partial charge in [0.25, 0.3) is 11.2 Å². The van der Waals surface area contributed by atoms with E-state index in [-0.39, 0.29) is 22.4 Å². The van der Waals surface area contributed by atoms with E-state index in [4.69, 9.17) is 9.73 Å². The van der Waals surface area contributed by atoms with Crippen molar-refractivity contribution in [3.63, 3.8) is 0 Å². The fourth-order valence-electron chi connectivity index (χ4n) is 5.24. The minimum atomic E-state index is -0.978. The van der Waals surface area contributed by atoms with Crippen LogP contribution in [0.3, 0.4) is 0 Å². The number of hydrogen-bond donors (Lipinski definition) is 0. The highest BCUT2D eigenvalue weighted by atomic mass is 32.2. The van der Waals surface area contributed by atoms with Crippen LogP contribution in [-0.4, -0.2) is 32.0 Å². The van der Waals surface area contributed by atoms with Gasteiger partial charge in [-0.1, -0.05) is 59.9 Å². The summed E-state index contributed by atoms with van der Waals surface area (Å²) in [5.74, 6) is -1.13. The SMILES string of the molecule is CCOC(=O)C1=C(c2ccccc2)N=c2s/c(=C/c3ccc(Sc4nc(C)cc(C)n4)c([N+](=O)[O-])c3)c(=O)n2[C@H]1c1ccc(F)cc1. The number of carbonyl (C=O) groups excluding carboxylic acids is 1. The van der Waals surface area contributed by atoms with E-state index in [1.165, 1.54) is 34.9 Å². The summed E-state index contributed by atoms with van der Waals surface area (Å²) < 4.78 is 21.1. The molecule has 10 nitrogen and oxygen atoms in total. The van der Waals surface area contributed by atoms with Crippen LogP contribution >= 0.6 is 23.1 Å². The lowest BCUT2D eigenvalue weighted by molar-refractivity contribution is -0.387. The summed E-state index contributed by atoms with van der Waals surface area (Å²) in [6.45, 7) is 5.42. The first-order chi connectivity index (χ1) is 22.6. The first-order valence-corrected chi connectivity index (χ1v) is 16.1. The fraction of sp³-hybridized carbons (Fsp3) is 0.147. The second-order valence-electron chi connectivity index (χ2n) is 10.5. The van der Waals surface area contributed by atoms with E-state index in [0.717, 1.165) is 34.5 Å². The largest absolute Gasteiger partial charge is 0.463 e. The summed E-state index contributed by atoms with van der Waals surface area (Å²) in [5.41, 5.74) is 2.85. The van der Waals surface area contributed by atoms with Crippen LogP contribution in [0.15, 0.2) is 104 Å². The number of aromatic nitrogens is 3. The number of halogens is 1. The van der Waals surface area contributed by atoms with Crippen LogP contribution in [0, 0.1) is 29.8 Å². The van der Waals surface area contributed by atoms with Crippen LogP contribution in [0.5, 0.6) is 0 Å². The molecule has 47 heavy (non-hydrogen) atoms. The van der Waals surface area contributed by atoms with Gasteiger partial charge in [-0.15, -0.1) is 0 Å². The summed E-state index contributed by atoms with van der Waals surface area (Å²) in [4.78, 5) is 53.4. The van der Waals surface area contributed by atoms with Gasteiger partial charge < -0.3 is 4.74 Å². The Labute approximate surface area is 275 Å². The molecule has 0 spiro atoms. The highest BCUT2D eigenvalue weighted by Crippen LogP contribution is 2.36. The first-order valence-electron chi connectivity index (χ1n) is 14.5. The molecule has 0 unspecified atom stereocenters. The van der Waals surface area contributed by atoms with E-state index < -0.39 is 28.3 Å². The Morgan fingerprint density at radius 3 is 2.43 bits per heavy atom. The molecule has 0 N–H and O–H groups in total. The van der Waals surface area contributed by atoms with Gasteiger partial charge in [0.2, 0.25) is 0 Å². The summed E-state index contributed by atoms with van der Waals surface area (Å²) in [7, 11) is 0. The third kappa shape index (κ3) is 6.53. The van der Waals surface area contributed by atoms with E-state index in [1.807, 2.05) is 38.1 Å². The van der Waals surface area contributed by atoms with E-state index in [1.54, 1.807) is 37.3 Å². The van der Waals surface area contributed by atoms with Crippen LogP contribution in [0.1, 0.15) is 41.0 Å². The van der Waals surface area contributed by atoms with Gasteiger partial charge in [-0.2, -0.15) is 0 Å². The Kier molecular flexibility index (Phi) is 8.92. The minimum absolute atomic E-state index is 0.0909. The summed E-state index contributed by atoms with van der Waals surface area (Å²) in [6.07, 6.45) is 1.55. The molecular formula is C34H26FN5O5S2. The number of fused-ring (bicyclic) bond motifs is 1. The van der Waals surface area contributed by atoms with Crippen molar-refractivity contribution < 1.29 is 18.8 Å². The molecule has 0 fully saturated rings. The number of aryl methyl sites for hydroxylation is 2. The molecule has 2 aromatic heterocycles. The predicted octanol–water partition coefficient (Wildman–Crippen LogP) is 5.54. The Balaban J connectivity index is 1.52. The summed E-state index contributed by atoms with van der Waals surface area (Å²) in [6, 6.07) is 20.1. The smallest absolute Gasteiger partial charge is 0.338 e. The standard InChI is InChI=1S/C34H26FN5O5S2/c1-4-45-32(42)28-29(22-8-6-5-7-9-22)38-34-39(30(28)23-11-13-24(35)14-12-23)31(41)27(47-34)18-21-10-15-26(25(17-21)40(43)44)46-33-36-19(2)16-20(3)37-33/h5-18,30H,4H2,1-3H3/b27-18+/t30-/m0/s1. The topological polar surface area (TPSA) is 130 Å². The maximum absolute atomic E-state index is 14.1. The molecule has 236 valence electrons. The van der Waals surface area contributed by atoms with Crippen LogP contribution in [0.2, 0.25) is 0 Å². The number of esters is 1. The van der Waals surface area contributed by atoms with Crippen LogP contribution in [-0.2, 0) is 9.53 Å². The van der Waals surface area contributed by atoms with Crippen LogP contribution in [0.4, 0.5) is 10.1 Å². The maximum atomic E-state index is 14.1. The molecule has 0 radical (unpaired) electrons. The molecule has 13 heteroatoms. The predicted molar refractivity (Wildman–Crippen MR) is 176 cm³/mol. The zero-order chi connectivity index (χ0) is 33.2. The molecule has 3 aromatic carbocycles. The Morgan fingerprint density at radius 1 is 1.06 bits per heavy atom. The highest BCUT2D eigenvalue weighted by molar-refractivity contribution is 7.99. The lowest BCUT2D eigenvalue weighted by Gasteiger charge is -2.25. The van der Waals surface area contributed by atoms with E-state index in [9.17, 15) is 24.1 Å². The highest BCUT2D eigenvalue weighted by Gasteiger charge is 2.35. The third-order valence-corrected chi connectivity index (χ3v) is 9.11. The monoisotopic (exact) mass is 667 g/mol. The van der Waals surface area contributed by atoms with Crippen molar-refractivity contribution in [3.05, 3.63) is 148 Å². The van der Waals surface area contributed by atoms with Crippen molar-refractivity contribution >= 4 is 46.5 Å². The third-order valence-electron chi connectivity index (χ3n) is 7.20. The number of nitrogens with zero attached hydrogens (tertiary/aromatic N) is 5. The number of thiazole rings is 1. The molecule has 0 amide bonds. The second-order valence-corrected chi connectivity index (χ2v) is 12.5. The van der Waals surface area contributed by atoms with E-state index >= 15 is 0 Å². The van der Waals surface area contributed by atoms with Gasteiger partial charge in [-0.3, -0.25) is 19.5 Å². The molecule has 5 aromatic rings. The van der Waals surface area contributed by atoms with Gasteiger partial charge in [0, 0.05) is 23.0 Å². The molecule has 0 saturated heterocycles. The second kappa shape index (κ2) is 13.2. The average molecular weight is 668 g/mol. The van der Waals surface area contributed by atoms with Crippen LogP contribution in [0.25, 0.3) is 11.8 Å². The van der Waals surface area contributed by atoms with Gasteiger partial charge in [0.15, 0.2) is 9.96 Å². The summed E-state index contributed by atoms with van der Waals surface area (Å²) in [5, 5.41) is 12.5. The summed E-state index contributed by atoms with van der Waals surface area (Å²) >= 11 is 2.16. The van der Waals surface area contributed by atoms with Crippen molar-refractivity contribution in [1.29, 1.82) is 0 Å². The van der Waals surface area contributed by atoms with E-state index in [2.05, 4.69) is 9.97 Å². The molecule has 6 rings (SSSR count). The molecule has 1 atom stereocenters. The number of benzene rings is 3. The molecule has 1 aliphatic rings. The lowest BCUT2D eigenvalue weighted by Crippen LogP contribution is -2.40. The maximum Gasteiger partial charge on any atom is 0.338 e. The van der Waals surface area contributed by atoms with Gasteiger partial charge in [-0.05, 0) is 74.0 Å². The number of nitro benzene ring substituents is 1. The molecule has 0 saturated carbocycles. The quantitative estimate of drug-likeness (QED) is 0.0913. The number of rotatable bonds is 8. The van der Waals surface area contributed by atoms with Crippen molar-refractivity contribution in [1.82, 2.24) is 14.5 Å². The zero-order valence-corrected chi connectivity index (χ0v) is 27.0. The van der Waals surface area contributed by atoms with Gasteiger partial charge in [0.05, 0.1) is 38.3 Å². The average Bonchev–Trinajstić information content (AvgIpc) is 3.35. The van der Waals surface area contributed by atoms with Crippen molar-refractivity contribution in [2.45, 2.75) is 36.9 Å². The normalized spacial score (nSPS) is 14.5. The van der Waals surface area contributed by atoms with Gasteiger partial charge in [0.1, 0.15) is 5.82 Å². The molecule has 3 heterocycles. The molecule has 1 aliphatic heterocycles. The fourth-order valence-corrected chi connectivity index (χ4v) is 7.19. The van der Waals surface area contributed by atoms with Gasteiger partial charge >= 0.3 is 5.97 Å². The number of hydrogen-bond acceptors (Lipinski definition) is 10. The zero-order valence-electron chi connectivity index (χ0n) is 25.3. The van der Waals surface area contributed by atoms with Crippen LogP contribution < -0.4 is 14.9 Å². The lowest BCUT2D eigenvalue weighted by atomic mass is 9.93. The molecule has 0 aliphatic carbocycles. The first kappa shape index (κ1) is 31.7. The Morgan fingerprint density at radius 2 is 1.77 bits per heavy atom. The molecule has 0 bridgehead atoms. The van der Waals surface area contributed by atoms with E-state index in [0.29, 0.717) is 37.2 Å². The molecular weight excluding hydrogens is 642 g/mol. The number of nitro groups is 1. The Bertz CT molecular complexity index is 2230. The Hall–Kier alpha value is -5.27. The van der Waals surface area contributed by atoms with Crippen molar-refractivity contribution in [2.24, 2.45) is 4.99 Å². The minimum Gasteiger partial charge on any atom is -0.463 e. The van der Waals surface area contributed by atoms with Crippen molar-refractivity contribution in [2.75, 3.05) is 6.61 Å². The van der Waals surface area contributed by atoms with Gasteiger partial charge in [-0.25, -0.2) is 24.1 Å². The van der Waals surface area contributed by atoms with Crippen molar-refractivity contribution in [3.8, 4) is 0 Å². The number of carbonyl (C=O) groups is 1.